The molecule has 7 nitrogen and oxygen atoms in total. The lowest BCUT2D eigenvalue weighted by molar-refractivity contribution is -0.134. The normalized spacial score (nSPS) is 10.6. The molecule has 0 fully saturated rings. The molecule has 0 aliphatic heterocycles. The molecule has 0 radical (unpaired) electrons. The summed E-state index contributed by atoms with van der Waals surface area (Å²) >= 11 is 0. The quantitative estimate of drug-likeness (QED) is 0.557. The van der Waals surface area contributed by atoms with Gasteiger partial charge >= 0.3 is 11.9 Å². The molecule has 0 atom stereocenters. The fourth-order valence-electron chi connectivity index (χ4n) is 0.988. The monoisotopic (exact) mass is 288 g/mol. The molecule has 1 rings (SSSR count). The minimum atomic E-state index is -4.03. The van der Waals surface area contributed by atoms with E-state index >= 15 is 0 Å². The van der Waals surface area contributed by atoms with Gasteiger partial charge in [0.1, 0.15) is 0 Å². The molecule has 0 unspecified atom stereocenters. The van der Waals surface area contributed by atoms with Crippen LogP contribution in [0.2, 0.25) is 0 Å². The Labute approximate surface area is 109 Å². The van der Waals surface area contributed by atoms with Crippen LogP contribution in [0.15, 0.2) is 41.3 Å². The van der Waals surface area contributed by atoms with Crippen molar-refractivity contribution in [1.29, 1.82) is 0 Å². The Kier molecular flexibility index (Phi) is 6.45. The van der Waals surface area contributed by atoms with Gasteiger partial charge in [-0.1, -0.05) is 18.2 Å². The van der Waals surface area contributed by atoms with Gasteiger partial charge in [-0.3, -0.25) is 4.55 Å². The van der Waals surface area contributed by atoms with E-state index in [4.69, 9.17) is 14.8 Å². The van der Waals surface area contributed by atoms with E-state index in [0.717, 1.165) is 0 Å². The van der Waals surface area contributed by atoms with E-state index < -0.39 is 22.1 Å². The van der Waals surface area contributed by atoms with E-state index in [1.165, 1.54) is 6.07 Å². The first kappa shape index (κ1) is 16.8. The van der Waals surface area contributed by atoms with Gasteiger partial charge in [0.2, 0.25) is 0 Å². The van der Waals surface area contributed by atoms with Gasteiger partial charge in [0.05, 0.1) is 4.90 Å². The summed E-state index contributed by atoms with van der Waals surface area (Å²) in [6.45, 7) is 1.63. The molecule has 19 heavy (non-hydrogen) atoms. The molecule has 0 aliphatic carbocycles. The molecule has 0 saturated heterocycles. The molecule has 0 spiro atoms. The Balaban J connectivity index is 0.000000362. The number of benzene rings is 1. The van der Waals surface area contributed by atoms with Gasteiger partial charge in [-0.05, 0) is 18.6 Å². The number of rotatable bonds is 3. The molecule has 0 saturated carbocycles. The summed E-state index contributed by atoms with van der Waals surface area (Å²) in [6.07, 6.45) is 1.12. The van der Waals surface area contributed by atoms with Crippen LogP contribution in [-0.2, 0) is 19.7 Å². The predicted molar refractivity (Wildman–Crippen MR) is 65.4 cm³/mol. The second kappa shape index (κ2) is 7.29. The maximum absolute atomic E-state index is 10.6. The van der Waals surface area contributed by atoms with Crippen LogP contribution in [0.4, 0.5) is 0 Å². The topological polar surface area (TPSA) is 129 Å². The Morgan fingerprint density at radius 2 is 1.47 bits per heavy atom. The highest BCUT2D eigenvalue weighted by atomic mass is 32.2. The number of carboxylic acid groups (broad SMARTS) is 2. The van der Waals surface area contributed by atoms with Crippen molar-refractivity contribution in [2.75, 3.05) is 0 Å². The largest absolute Gasteiger partial charge is 0.478 e. The van der Waals surface area contributed by atoms with Gasteiger partial charge in [-0.25, -0.2) is 9.59 Å². The standard InChI is InChI=1S/C7H8O3S.C4H4O4/c1-6-4-2-3-5-7(6)11(8,9)10;5-3(6)1-2-4(7)8/h2-5H,1H3,(H,8,9,10);1-2H,(H,5,6)(H,7,8). The molecular formula is C11H12O7S. The first-order chi connectivity index (χ1) is 8.64. The lowest BCUT2D eigenvalue weighted by Crippen LogP contribution is -1.99. The van der Waals surface area contributed by atoms with E-state index in [0.29, 0.717) is 17.7 Å². The number of hydrogen-bond donors (Lipinski definition) is 3. The second-order valence-corrected chi connectivity index (χ2v) is 4.64. The van der Waals surface area contributed by atoms with Gasteiger partial charge in [0, 0.05) is 12.2 Å². The van der Waals surface area contributed by atoms with Crippen LogP contribution in [-0.4, -0.2) is 35.1 Å². The fraction of sp³-hybridized carbons (Fsp3) is 0.0909. The van der Waals surface area contributed by atoms with Crippen molar-refractivity contribution in [3.05, 3.63) is 42.0 Å². The van der Waals surface area contributed by atoms with Gasteiger partial charge in [0.25, 0.3) is 10.1 Å². The van der Waals surface area contributed by atoms with E-state index in [2.05, 4.69) is 0 Å². The minimum Gasteiger partial charge on any atom is -0.478 e. The Morgan fingerprint density at radius 3 is 1.74 bits per heavy atom. The third kappa shape index (κ3) is 7.68. The van der Waals surface area contributed by atoms with Gasteiger partial charge in [-0.2, -0.15) is 8.42 Å². The van der Waals surface area contributed by atoms with Crippen LogP contribution >= 0.6 is 0 Å². The summed E-state index contributed by atoms with van der Waals surface area (Å²) in [5.74, 6) is -2.51. The average molecular weight is 288 g/mol. The maximum atomic E-state index is 10.6. The predicted octanol–water partition coefficient (Wildman–Crippen LogP) is 0.954. The fourth-order valence-corrected chi connectivity index (χ4v) is 1.71. The smallest absolute Gasteiger partial charge is 0.328 e. The van der Waals surface area contributed by atoms with Crippen LogP contribution < -0.4 is 0 Å². The van der Waals surface area contributed by atoms with Crippen molar-refractivity contribution in [2.24, 2.45) is 0 Å². The van der Waals surface area contributed by atoms with Crippen molar-refractivity contribution in [2.45, 2.75) is 11.8 Å². The number of aryl methyl sites for hydroxylation is 1. The first-order valence-electron chi connectivity index (χ1n) is 4.81. The molecule has 1 aromatic carbocycles. The minimum absolute atomic E-state index is 0.0278. The van der Waals surface area contributed by atoms with Crippen molar-refractivity contribution in [1.82, 2.24) is 0 Å². The van der Waals surface area contributed by atoms with Crippen LogP contribution in [0.25, 0.3) is 0 Å². The van der Waals surface area contributed by atoms with E-state index in [9.17, 15) is 18.0 Å². The molecule has 0 aromatic heterocycles. The summed E-state index contributed by atoms with van der Waals surface area (Å²) in [5, 5.41) is 15.6. The zero-order chi connectivity index (χ0) is 15.1. The zero-order valence-electron chi connectivity index (χ0n) is 9.85. The van der Waals surface area contributed by atoms with Crippen molar-refractivity contribution >= 4 is 22.1 Å². The number of carboxylic acids is 2. The Hall–Kier alpha value is -2.19. The van der Waals surface area contributed by atoms with Crippen LogP contribution in [0, 0.1) is 6.92 Å². The van der Waals surface area contributed by atoms with Gasteiger partial charge < -0.3 is 10.2 Å². The highest BCUT2D eigenvalue weighted by molar-refractivity contribution is 7.85. The van der Waals surface area contributed by atoms with E-state index in [1.54, 1.807) is 25.1 Å². The first-order valence-corrected chi connectivity index (χ1v) is 6.25. The lowest BCUT2D eigenvalue weighted by Gasteiger charge is -1.99. The summed E-state index contributed by atoms with van der Waals surface area (Å²) in [5.41, 5.74) is 0.551. The highest BCUT2D eigenvalue weighted by Gasteiger charge is 2.10. The molecule has 0 amide bonds. The molecule has 3 N–H and O–H groups in total. The summed E-state index contributed by atoms with van der Waals surface area (Å²) < 4.78 is 29.9. The van der Waals surface area contributed by atoms with Crippen molar-refractivity contribution < 1.29 is 32.8 Å². The number of hydrogen-bond acceptors (Lipinski definition) is 4. The van der Waals surface area contributed by atoms with Crippen molar-refractivity contribution in [3.63, 3.8) is 0 Å². The molecule has 0 bridgehead atoms. The maximum Gasteiger partial charge on any atom is 0.328 e. The third-order valence-corrected chi connectivity index (χ3v) is 2.75. The van der Waals surface area contributed by atoms with Crippen LogP contribution in [0.5, 0.6) is 0 Å². The molecule has 1 aromatic rings. The van der Waals surface area contributed by atoms with E-state index in [1.807, 2.05) is 0 Å². The summed E-state index contributed by atoms with van der Waals surface area (Å²) in [7, 11) is -4.03. The number of carbonyl (C=O) groups is 2. The van der Waals surface area contributed by atoms with Crippen LogP contribution in [0.3, 0.4) is 0 Å². The highest BCUT2D eigenvalue weighted by Crippen LogP contribution is 2.12. The molecule has 8 heteroatoms. The van der Waals surface area contributed by atoms with Gasteiger partial charge in [-0.15, -0.1) is 0 Å². The lowest BCUT2D eigenvalue weighted by atomic mass is 10.2. The second-order valence-electron chi connectivity index (χ2n) is 3.25. The Morgan fingerprint density at radius 1 is 1.05 bits per heavy atom. The molecule has 0 heterocycles. The van der Waals surface area contributed by atoms with Crippen LogP contribution in [0.1, 0.15) is 5.56 Å². The van der Waals surface area contributed by atoms with Gasteiger partial charge in [0.15, 0.2) is 0 Å². The van der Waals surface area contributed by atoms with Crippen molar-refractivity contribution in [3.8, 4) is 0 Å². The summed E-state index contributed by atoms with van der Waals surface area (Å²) in [4.78, 5) is 19.1. The molecule has 0 aliphatic rings. The zero-order valence-corrected chi connectivity index (χ0v) is 10.7. The van der Waals surface area contributed by atoms with E-state index in [-0.39, 0.29) is 4.90 Å². The molecule has 104 valence electrons. The SMILES string of the molecule is Cc1ccccc1S(=O)(=O)O.O=C(O)C=CC(=O)O. The third-order valence-electron chi connectivity index (χ3n) is 1.74. The number of aliphatic carboxylic acids is 2. The average Bonchev–Trinajstić information content (AvgIpc) is 2.26. The Bertz CT molecular complexity index is 571. The molecular weight excluding hydrogens is 276 g/mol. The summed E-state index contributed by atoms with van der Waals surface area (Å²) in [6, 6.07) is 6.27.